The first kappa shape index (κ1) is 15.0. The van der Waals surface area contributed by atoms with E-state index < -0.39 is 5.82 Å². The molecule has 1 saturated carbocycles. The molecule has 1 aliphatic carbocycles. The van der Waals surface area contributed by atoms with Crippen molar-refractivity contribution in [3.63, 3.8) is 0 Å². The monoisotopic (exact) mass is 391 g/mol. The Bertz CT molecular complexity index is 459. The molecule has 1 N–H and O–H groups in total. The SMILES string of the molecule is O=C(NCC1CCC(Br)CC1)c1cccc(F)c1Br. The minimum atomic E-state index is -0.410. The number of halogens is 3. The molecule has 1 amide bonds. The highest BCUT2D eigenvalue weighted by molar-refractivity contribution is 9.10. The lowest BCUT2D eigenvalue weighted by molar-refractivity contribution is 0.0942. The van der Waals surface area contributed by atoms with E-state index in [1.807, 2.05) is 0 Å². The topological polar surface area (TPSA) is 29.1 Å². The van der Waals surface area contributed by atoms with Crippen molar-refractivity contribution in [2.75, 3.05) is 6.54 Å². The second kappa shape index (κ2) is 6.84. The van der Waals surface area contributed by atoms with Crippen molar-refractivity contribution in [2.24, 2.45) is 5.92 Å². The minimum absolute atomic E-state index is 0.215. The van der Waals surface area contributed by atoms with Crippen molar-refractivity contribution in [2.45, 2.75) is 30.5 Å². The Balaban J connectivity index is 1.89. The molecule has 0 radical (unpaired) electrons. The van der Waals surface area contributed by atoms with Crippen molar-refractivity contribution < 1.29 is 9.18 Å². The number of alkyl halides is 1. The lowest BCUT2D eigenvalue weighted by atomic mass is 9.89. The van der Waals surface area contributed by atoms with Crippen LogP contribution in [0.15, 0.2) is 22.7 Å². The van der Waals surface area contributed by atoms with Gasteiger partial charge >= 0.3 is 0 Å². The average Bonchev–Trinajstić information content (AvgIpc) is 2.41. The molecule has 2 nitrogen and oxygen atoms in total. The first-order valence-electron chi connectivity index (χ1n) is 6.44. The van der Waals surface area contributed by atoms with Gasteiger partial charge in [0.1, 0.15) is 5.82 Å². The van der Waals surface area contributed by atoms with Gasteiger partial charge in [-0.2, -0.15) is 0 Å². The number of hydrogen-bond acceptors (Lipinski definition) is 1. The fourth-order valence-corrected chi connectivity index (χ4v) is 3.31. The van der Waals surface area contributed by atoms with Crippen LogP contribution in [-0.4, -0.2) is 17.3 Å². The van der Waals surface area contributed by atoms with Crippen LogP contribution in [0.4, 0.5) is 4.39 Å². The highest BCUT2D eigenvalue weighted by Crippen LogP contribution is 2.28. The Labute approximate surface area is 129 Å². The van der Waals surface area contributed by atoms with Crippen molar-refractivity contribution >= 4 is 37.8 Å². The van der Waals surface area contributed by atoms with Crippen LogP contribution >= 0.6 is 31.9 Å². The molecule has 0 atom stereocenters. The van der Waals surface area contributed by atoms with E-state index in [4.69, 9.17) is 0 Å². The third-order valence-electron chi connectivity index (χ3n) is 3.52. The van der Waals surface area contributed by atoms with Crippen molar-refractivity contribution in [1.82, 2.24) is 5.32 Å². The smallest absolute Gasteiger partial charge is 0.252 e. The van der Waals surface area contributed by atoms with Crippen LogP contribution in [0.5, 0.6) is 0 Å². The molecule has 2 rings (SSSR count). The first-order chi connectivity index (χ1) is 9.08. The van der Waals surface area contributed by atoms with Crippen LogP contribution in [-0.2, 0) is 0 Å². The van der Waals surface area contributed by atoms with E-state index in [1.54, 1.807) is 12.1 Å². The third-order valence-corrected chi connectivity index (χ3v) is 5.25. The van der Waals surface area contributed by atoms with Gasteiger partial charge < -0.3 is 5.32 Å². The zero-order chi connectivity index (χ0) is 13.8. The van der Waals surface area contributed by atoms with Gasteiger partial charge in [0.15, 0.2) is 0 Å². The normalized spacial score (nSPS) is 23.1. The van der Waals surface area contributed by atoms with Crippen LogP contribution in [0.1, 0.15) is 36.0 Å². The van der Waals surface area contributed by atoms with Gasteiger partial charge in [0.25, 0.3) is 5.91 Å². The van der Waals surface area contributed by atoms with Crippen molar-refractivity contribution in [1.29, 1.82) is 0 Å². The van der Waals surface area contributed by atoms with Gasteiger partial charge in [-0.15, -0.1) is 0 Å². The van der Waals surface area contributed by atoms with E-state index in [-0.39, 0.29) is 10.4 Å². The summed E-state index contributed by atoms with van der Waals surface area (Å²) in [7, 11) is 0. The summed E-state index contributed by atoms with van der Waals surface area (Å²) >= 11 is 6.73. The van der Waals surface area contributed by atoms with E-state index >= 15 is 0 Å². The maximum absolute atomic E-state index is 13.3. The number of rotatable bonds is 3. The second-order valence-electron chi connectivity index (χ2n) is 4.93. The van der Waals surface area contributed by atoms with Gasteiger partial charge in [-0.1, -0.05) is 22.0 Å². The van der Waals surface area contributed by atoms with Gasteiger partial charge in [-0.25, -0.2) is 4.39 Å². The van der Waals surface area contributed by atoms with Crippen LogP contribution in [0.2, 0.25) is 0 Å². The summed E-state index contributed by atoms with van der Waals surface area (Å²) in [5.74, 6) is -0.0927. The number of hydrogen-bond donors (Lipinski definition) is 1. The van der Waals surface area contributed by atoms with E-state index in [2.05, 4.69) is 37.2 Å². The quantitative estimate of drug-likeness (QED) is 0.764. The number of carbonyl (C=O) groups is 1. The second-order valence-corrected chi connectivity index (χ2v) is 7.02. The van der Waals surface area contributed by atoms with Crippen LogP contribution in [0.3, 0.4) is 0 Å². The summed E-state index contributed by atoms with van der Waals surface area (Å²) in [4.78, 5) is 12.6. The number of carbonyl (C=O) groups excluding carboxylic acids is 1. The fourth-order valence-electron chi connectivity index (χ4n) is 2.34. The third kappa shape index (κ3) is 4.02. The van der Waals surface area contributed by atoms with Crippen molar-refractivity contribution in [3.8, 4) is 0 Å². The molecule has 0 saturated heterocycles. The van der Waals surface area contributed by atoms with Crippen LogP contribution < -0.4 is 5.32 Å². The van der Waals surface area contributed by atoms with Gasteiger partial charge in [0.05, 0.1) is 10.0 Å². The fraction of sp³-hybridized carbons (Fsp3) is 0.500. The molecule has 0 bridgehead atoms. The molecule has 0 spiro atoms. The molecule has 0 heterocycles. The Kier molecular flexibility index (Phi) is 5.39. The van der Waals surface area contributed by atoms with Crippen LogP contribution in [0, 0.1) is 11.7 Å². The molecular formula is C14H16Br2FNO. The molecule has 1 aliphatic rings. The highest BCUT2D eigenvalue weighted by Gasteiger charge is 2.20. The Morgan fingerprint density at radius 1 is 1.32 bits per heavy atom. The van der Waals surface area contributed by atoms with E-state index in [9.17, 15) is 9.18 Å². The van der Waals surface area contributed by atoms with Crippen molar-refractivity contribution in [3.05, 3.63) is 34.1 Å². The Hall–Kier alpha value is -0.420. The highest BCUT2D eigenvalue weighted by atomic mass is 79.9. The average molecular weight is 393 g/mol. The lowest BCUT2D eigenvalue weighted by Gasteiger charge is -2.25. The molecular weight excluding hydrogens is 377 g/mol. The summed E-state index contributed by atoms with van der Waals surface area (Å²) in [6.07, 6.45) is 4.56. The van der Waals surface area contributed by atoms with Gasteiger partial charge in [-0.05, 0) is 59.7 Å². The molecule has 1 aromatic carbocycles. The lowest BCUT2D eigenvalue weighted by Crippen LogP contribution is -2.31. The predicted molar refractivity (Wildman–Crippen MR) is 81.1 cm³/mol. The molecule has 0 aromatic heterocycles. The molecule has 1 aromatic rings. The largest absolute Gasteiger partial charge is 0.352 e. The first-order valence-corrected chi connectivity index (χ1v) is 8.15. The maximum atomic E-state index is 13.3. The standard InChI is InChI=1S/C14H16Br2FNO/c15-10-6-4-9(5-7-10)8-18-14(19)11-2-1-3-12(17)13(11)16/h1-3,9-10H,4-8H2,(H,18,19). The zero-order valence-corrected chi connectivity index (χ0v) is 13.6. The van der Waals surface area contributed by atoms with Gasteiger partial charge in [0.2, 0.25) is 0 Å². The van der Waals surface area contributed by atoms with E-state index in [0.717, 1.165) is 25.7 Å². The Morgan fingerprint density at radius 2 is 2.00 bits per heavy atom. The summed E-state index contributed by atoms with van der Waals surface area (Å²) < 4.78 is 13.6. The van der Waals surface area contributed by atoms with Crippen LogP contribution in [0.25, 0.3) is 0 Å². The van der Waals surface area contributed by atoms with Gasteiger partial charge in [-0.3, -0.25) is 4.79 Å². The number of amides is 1. The maximum Gasteiger partial charge on any atom is 0.252 e. The van der Waals surface area contributed by atoms with E-state index in [1.165, 1.54) is 6.07 Å². The minimum Gasteiger partial charge on any atom is -0.352 e. The summed E-state index contributed by atoms with van der Waals surface area (Å²) in [5, 5.41) is 2.90. The number of benzene rings is 1. The molecule has 19 heavy (non-hydrogen) atoms. The zero-order valence-electron chi connectivity index (χ0n) is 10.5. The summed E-state index contributed by atoms with van der Waals surface area (Å²) in [6.45, 7) is 0.668. The summed E-state index contributed by atoms with van der Waals surface area (Å²) in [5.41, 5.74) is 0.356. The molecule has 104 valence electrons. The Morgan fingerprint density at radius 3 is 2.68 bits per heavy atom. The summed E-state index contributed by atoms with van der Waals surface area (Å²) in [6, 6.07) is 4.50. The predicted octanol–water partition coefficient (Wildman–Crippen LogP) is 4.27. The molecule has 0 unspecified atom stereocenters. The molecule has 1 fully saturated rings. The van der Waals surface area contributed by atoms with Gasteiger partial charge in [0, 0.05) is 11.4 Å². The molecule has 5 heteroatoms. The molecule has 0 aliphatic heterocycles. The van der Waals surface area contributed by atoms with E-state index in [0.29, 0.717) is 22.9 Å². The number of nitrogens with one attached hydrogen (secondary N) is 1.